The van der Waals surface area contributed by atoms with Crippen LogP contribution in [0.4, 0.5) is 5.82 Å². The van der Waals surface area contributed by atoms with Gasteiger partial charge in [0, 0.05) is 38.9 Å². The fraction of sp³-hybridized carbons (Fsp3) is 0.389. The second kappa shape index (κ2) is 7.44. The molecule has 0 aliphatic carbocycles. The molecule has 1 aliphatic rings. The van der Waals surface area contributed by atoms with E-state index in [1.807, 2.05) is 48.7 Å². The molecule has 0 unspecified atom stereocenters. The Kier molecular flexibility index (Phi) is 5.10. The van der Waals surface area contributed by atoms with Crippen LogP contribution in [0.1, 0.15) is 11.7 Å². The van der Waals surface area contributed by atoms with Crippen molar-refractivity contribution in [3.8, 4) is 5.75 Å². The first-order chi connectivity index (χ1) is 11.3. The van der Waals surface area contributed by atoms with Crippen LogP contribution in [0.15, 0.2) is 48.7 Å². The molecule has 0 spiro atoms. The third-order valence-electron chi connectivity index (χ3n) is 4.28. The van der Waals surface area contributed by atoms with Gasteiger partial charge < -0.3 is 14.7 Å². The lowest BCUT2D eigenvalue weighted by atomic mass is 10.1. The van der Waals surface area contributed by atoms with Gasteiger partial charge in [0.1, 0.15) is 11.6 Å². The van der Waals surface area contributed by atoms with Crippen LogP contribution in [0.5, 0.6) is 5.75 Å². The Morgan fingerprint density at radius 1 is 1.09 bits per heavy atom. The van der Waals surface area contributed by atoms with E-state index in [2.05, 4.69) is 14.8 Å². The number of piperazine rings is 1. The van der Waals surface area contributed by atoms with Crippen molar-refractivity contribution < 1.29 is 9.84 Å². The lowest BCUT2D eigenvalue weighted by Crippen LogP contribution is -2.47. The summed E-state index contributed by atoms with van der Waals surface area (Å²) in [4.78, 5) is 8.99. The Morgan fingerprint density at radius 2 is 1.83 bits per heavy atom. The molecule has 2 aromatic rings. The maximum Gasteiger partial charge on any atom is 0.128 e. The molecule has 2 heterocycles. The first kappa shape index (κ1) is 15.8. The number of β-amino-alcohol motifs (C(OH)–C–C–N with tert-alkyl or cyclic N) is 1. The van der Waals surface area contributed by atoms with Gasteiger partial charge in [-0.15, -0.1) is 0 Å². The van der Waals surface area contributed by atoms with E-state index in [0.717, 1.165) is 43.3 Å². The summed E-state index contributed by atoms with van der Waals surface area (Å²) >= 11 is 0. The third kappa shape index (κ3) is 4.00. The molecule has 1 fully saturated rings. The van der Waals surface area contributed by atoms with E-state index in [4.69, 9.17) is 4.74 Å². The minimum atomic E-state index is -0.470. The van der Waals surface area contributed by atoms with Crippen molar-refractivity contribution >= 4 is 5.82 Å². The van der Waals surface area contributed by atoms with E-state index in [0.29, 0.717) is 6.54 Å². The molecule has 122 valence electrons. The Balaban J connectivity index is 1.51. The molecule has 1 saturated heterocycles. The highest BCUT2D eigenvalue weighted by atomic mass is 16.5. The monoisotopic (exact) mass is 313 g/mol. The Labute approximate surface area is 137 Å². The van der Waals surface area contributed by atoms with Crippen molar-refractivity contribution in [1.29, 1.82) is 0 Å². The number of anilines is 1. The number of aliphatic hydroxyl groups is 1. The Morgan fingerprint density at radius 3 is 2.43 bits per heavy atom. The number of methoxy groups -OCH3 is 1. The topological polar surface area (TPSA) is 48.8 Å². The molecule has 0 bridgehead atoms. The number of benzene rings is 1. The van der Waals surface area contributed by atoms with Crippen molar-refractivity contribution in [2.75, 3.05) is 44.7 Å². The molecule has 1 aromatic carbocycles. The largest absolute Gasteiger partial charge is 0.497 e. The predicted octanol–water partition coefficient (Wildman–Crippen LogP) is 1.95. The van der Waals surface area contributed by atoms with Crippen LogP contribution in [0.2, 0.25) is 0 Å². The van der Waals surface area contributed by atoms with Gasteiger partial charge in [0.2, 0.25) is 0 Å². The average Bonchev–Trinajstić information content (AvgIpc) is 2.63. The van der Waals surface area contributed by atoms with E-state index in [1.54, 1.807) is 7.11 Å². The zero-order valence-electron chi connectivity index (χ0n) is 13.4. The molecule has 5 nitrogen and oxygen atoms in total. The maximum absolute atomic E-state index is 10.4. The normalized spacial score (nSPS) is 17.0. The lowest BCUT2D eigenvalue weighted by Gasteiger charge is -2.36. The summed E-state index contributed by atoms with van der Waals surface area (Å²) in [5, 5.41) is 10.4. The van der Waals surface area contributed by atoms with Crippen LogP contribution in [-0.4, -0.2) is 54.8 Å². The number of nitrogens with zero attached hydrogens (tertiary/aromatic N) is 3. The van der Waals surface area contributed by atoms with Crippen LogP contribution in [0.3, 0.4) is 0 Å². The molecule has 1 N–H and O–H groups in total. The highest BCUT2D eigenvalue weighted by molar-refractivity contribution is 5.38. The van der Waals surface area contributed by atoms with Crippen molar-refractivity contribution in [1.82, 2.24) is 9.88 Å². The van der Waals surface area contributed by atoms with Gasteiger partial charge in [0.05, 0.1) is 13.2 Å². The highest BCUT2D eigenvalue weighted by Crippen LogP contribution is 2.20. The minimum absolute atomic E-state index is 0.470. The second-order valence-electron chi connectivity index (χ2n) is 5.76. The van der Waals surface area contributed by atoms with Crippen molar-refractivity contribution in [3.05, 3.63) is 54.2 Å². The van der Waals surface area contributed by atoms with Crippen LogP contribution in [0, 0.1) is 0 Å². The van der Waals surface area contributed by atoms with Gasteiger partial charge >= 0.3 is 0 Å². The van der Waals surface area contributed by atoms with Crippen molar-refractivity contribution in [3.63, 3.8) is 0 Å². The average molecular weight is 313 g/mol. The van der Waals surface area contributed by atoms with E-state index in [-0.39, 0.29) is 0 Å². The molecule has 0 amide bonds. The van der Waals surface area contributed by atoms with Crippen LogP contribution in [-0.2, 0) is 0 Å². The number of pyridine rings is 1. The van der Waals surface area contributed by atoms with E-state index in [1.165, 1.54) is 0 Å². The van der Waals surface area contributed by atoms with Crippen molar-refractivity contribution in [2.45, 2.75) is 6.10 Å². The number of aromatic nitrogens is 1. The number of aliphatic hydroxyl groups excluding tert-OH is 1. The molecule has 0 saturated carbocycles. The summed E-state index contributed by atoms with van der Waals surface area (Å²) in [5.74, 6) is 1.84. The number of hydrogen-bond donors (Lipinski definition) is 1. The molecular weight excluding hydrogens is 290 g/mol. The summed E-state index contributed by atoms with van der Waals surface area (Å²) in [6.45, 7) is 4.40. The number of rotatable bonds is 5. The SMILES string of the molecule is COc1ccc([C@H](O)CN2CCN(c3ccccn3)CC2)cc1. The molecule has 23 heavy (non-hydrogen) atoms. The predicted molar refractivity (Wildman–Crippen MR) is 90.8 cm³/mol. The minimum Gasteiger partial charge on any atom is -0.497 e. The van der Waals surface area contributed by atoms with E-state index < -0.39 is 6.10 Å². The summed E-state index contributed by atoms with van der Waals surface area (Å²) in [6.07, 6.45) is 1.36. The quantitative estimate of drug-likeness (QED) is 0.914. The van der Waals surface area contributed by atoms with Gasteiger partial charge in [0.15, 0.2) is 0 Å². The Hall–Kier alpha value is -2.11. The fourth-order valence-corrected chi connectivity index (χ4v) is 2.88. The van der Waals surface area contributed by atoms with Crippen LogP contribution in [0.25, 0.3) is 0 Å². The van der Waals surface area contributed by atoms with Gasteiger partial charge in [0.25, 0.3) is 0 Å². The zero-order valence-corrected chi connectivity index (χ0v) is 13.4. The standard InChI is InChI=1S/C18H23N3O2/c1-23-16-7-5-15(6-8-16)17(22)14-20-10-12-21(13-11-20)18-4-2-3-9-19-18/h2-9,17,22H,10-14H2,1H3/t17-/m1/s1. The van der Waals surface area contributed by atoms with Crippen molar-refractivity contribution in [2.24, 2.45) is 0 Å². The van der Waals surface area contributed by atoms with Crippen LogP contribution < -0.4 is 9.64 Å². The van der Waals surface area contributed by atoms with Gasteiger partial charge in [-0.3, -0.25) is 4.90 Å². The molecule has 1 aliphatic heterocycles. The van der Waals surface area contributed by atoms with Crippen LogP contribution >= 0.6 is 0 Å². The van der Waals surface area contributed by atoms with Gasteiger partial charge in [-0.05, 0) is 29.8 Å². The highest BCUT2D eigenvalue weighted by Gasteiger charge is 2.20. The first-order valence-electron chi connectivity index (χ1n) is 7.96. The molecular formula is C18H23N3O2. The molecule has 1 atom stereocenters. The third-order valence-corrected chi connectivity index (χ3v) is 4.28. The summed E-state index contributed by atoms with van der Waals surface area (Å²) < 4.78 is 5.15. The molecule has 0 radical (unpaired) electrons. The molecule has 3 rings (SSSR count). The lowest BCUT2D eigenvalue weighted by molar-refractivity contribution is 0.109. The zero-order chi connectivity index (χ0) is 16.1. The first-order valence-corrected chi connectivity index (χ1v) is 7.96. The fourth-order valence-electron chi connectivity index (χ4n) is 2.88. The molecule has 5 heteroatoms. The molecule has 1 aromatic heterocycles. The smallest absolute Gasteiger partial charge is 0.128 e. The Bertz CT molecular complexity index is 595. The maximum atomic E-state index is 10.4. The van der Waals surface area contributed by atoms with Gasteiger partial charge in [-0.1, -0.05) is 18.2 Å². The summed E-state index contributed by atoms with van der Waals surface area (Å²) in [5.41, 5.74) is 0.929. The number of hydrogen-bond acceptors (Lipinski definition) is 5. The summed E-state index contributed by atoms with van der Waals surface area (Å²) in [6, 6.07) is 13.6. The van der Waals surface area contributed by atoms with Gasteiger partial charge in [-0.2, -0.15) is 0 Å². The van der Waals surface area contributed by atoms with E-state index in [9.17, 15) is 5.11 Å². The van der Waals surface area contributed by atoms with Gasteiger partial charge in [-0.25, -0.2) is 4.98 Å². The summed E-state index contributed by atoms with van der Waals surface area (Å²) in [7, 11) is 1.65. The van der Waals surface area contributed by atoms with E-state index >= 15 is 0 Å². The second-order valence-corrected chi connectivity index (χ2v) is 5.76. The number of ether oxygens (including phenoxy) is 1.